The summed E-state index contributed by atoms with van der Waals surface area (Å²) in [5.41, 5.74) is 5.46. The van der Waals surface area contributed by atoms with Crippen LogP contribution >= 0.6 is 0 Å². The van der Waals surface area contributed by atoms with E-state index in [1.165, 1.54) is 0 Å². The van der Waals surface area contributed by atoms with Crippen LogP contribution in [0.25, 0.3) is 0 Å². The smallest absolute Gasteiger partial charge is 0.138 e. The second kappa shape index (κ2) is 4.98. The van der Waals surface area contributed by atoms with Gasteiger partial charge in [-0.15, -0.1) is 0 Å². The highest BCUT2D eigenvalue weighted by atomic mass is 19.1. The molecule has 0 unspecified atom stereocenters. The lowest BCUT2D eigenvalue weighted by Crippen LogP contribution is -2.49. The van der Waals surface area contributed by atoms with Gasteiger partial charge in [0, 0.05) is 25.2 Å². The van der Waals surface area contributed by atoms with E-state index >= 15 is 0 Å². The lowest BCUT2D eigenvalue weighted by Gasteiger charge is -2.39. The van der Waals surface area contributed by atoms with Crippen LogP contribution < -0.4 is 5.73 Å². The van der Waals surface area contributed by atoms with Gasteiger partial charge in [-0.05, 0) is 32.3 Å². The molecular weight excluding hydrogens is 227 g/mol. The van der Waals surface area contributed by atoms with E-state index in [2.05, 4.69) is 4.90 Å². The Labute approximate surface area is 109 Å². The van der Waals surface area contributed by atoms with Gasteiger partial charge >= 0.3 is 0 Å². The summed E-state index contributed by atoms with van der Waals surface area (Å²) < 4.78 is 14.9. The highest BCUT2D eigenvalue weighted by molar-refractivity contribution is 5.23. The third-order valence-corrected chi connectivity index (χ3v) is 3.57. The summed E-state index contributed by atoms with van der Waals surface area (Å²) in [7, 11) is 0. The van der Waals surface area contributed by atoms with Crippen molar-refractivity contribution >= 4 is 0 Å². The van der Waals surface area contributed by atoms with Gasteiger partial charge in [-0.25, -0.2) is 4.39 Å². The first-order valence-electron chi connectivity index (χ1n) is 6.65. The molecule has 1 heterocycles. The van der Waals surface area contributed by atoms with Crippen LogP contribution in [0, 0.1) is 0 Å². The van der Waals surface area contributed by atoms with Crippen LogP contribution in [0.4, 0.5) is 4.39 Å². The first-order chi connectivity index (χ1) is 8.39. The predicted octanol–water partition coefficient (Wildman–Crippen LogP) is 2.68. The molecule has 1 fully saturated rings. The summed E-state index contributed by atoms with van der Waals surface area (Å²) in [6.07, 6.45) is 1.13. The molecule has 0 atom stereocenters. The van der Waals surface area contributed by atoms with E-state index in [0.717, 1.165) is 25.2 Å². The van der Waals surface area contributed by atoms with Crippen molar-refractivity contribution in [2.45, 2.75) is 37.9 Å². The Balaban J connectivity index is 1.98. The van der Waals surface area contributed by atoms with Crippen molar-refractivity contribution in [3.63, 3.8) is 0 Å². The number of benzene rings is 1. The third-order valence-electron chi connectivity index (χ3n) is 3.57. The fourth-order valence-electron chi connectivity index (χ4n) is 2.67. The molecule has 0 spiro atoms. The number of alkyl halides is 1. The Hall–Kier alpha value is -0.930. The summed E-state index contributed by atoms with van der Waals surface area (Å²) in [6, 6.07) is 9.53. The van der Waals surface area contributed by atoms with E-state index in [4.69, 9.17) is 5.73 Å². The number of nitrogens with zero attached hydrogens (tertiary/aromatic N) is 1. The van der Waals surface area contributed by atoms with Gasteiger partial charge in [0.2, 0.25) is 0 Å². The average molecular weight is 250 g/mol. The summed E-state index contributed by atoms with van der Waals surface area (Å²) in [5.74, 6) is 0. The molecule has 18 heavy (non-hydrogen) atoms. The van der Waals surface area contributed by atoms with Crippen molar-refractivity contribution in [2.24, 2.45) is 5.73 Å². The van der Waals surface area contributed by atoms with Gasteiger partial charge in [0.1, 0.15) is 5.67 Å². The highest BCUT2D eigenvalue weighted by Crippen LogP contribution is 2.36. The highest BCUT2D eigenvalue weighted by Gasteiger charge is 2.36. The zero-order valence-electron chi connectivity index (χ0n) is 11.3. The molecule has 0 aromatic heterocycles. The molecule has 1 aromatic rings. The maximum atomic E-state index is 14.9. The third kappa shape index (κ3) is 3.30. The maximum absolute atomic E-state index is 14.9. The Bertz CT molecular complexity index is 375. The van der Waals surface area contributed by atoms with Crippen molar-refractivity contribution in [1.82, 2.24) is 4.90 Å². The van der Waals surface area contributed by atoms with Crippen molar-refractivity contribution in [1.29, 1.82) is 0 Å². The quantitative estimate of drug-likeness (QED) is 0.893. The molecule has 1 saturated heterocycles. The Morgan fingerprint density at radius 3 is 2.28 bits per heavy atom. The van der Waals surface area contributed by atoms with Crippen LogP contribution in [0.1, 0.15) is 32.3 Å². The van der Waals surface area contributed by atoms with Gasteiger partial charge < -0.3 is 10.6 Å². The zero-order valence-corrected chi connectivity index (χ0v) is 11.3. The minimum absolute atomic E-state index is 0.205. The monoisotopic (exact) mass is 250 g/mol. The van der Waals surface area contributed by atoms with Gasteiger partial charge in [0.05, 0.1) is 0 Å². The lowest BCUT2D eigenvalue weighted by molar-refractivity contribution is 0.0484. The molecule has 2 N–H and O–H groups in total. The fraction of sp³-hybridized carbons (Fsp3) is 0.600. The van der Waals surface area contributed by atoms with Gasteiger partial charge in [-0.1, -0.05) is 30.3 Å². The fourth-order valence-corrected chi connectivity index (χ4v) is 2.67. The number of hydrogen-bond acceptors (Lipinski definition) is 2. The zero-order chi connectivity index (χ0) is 13.2. The van der Waals surface area contributed by atoms with E-state index in [9.17, 15) is 4.39 Å². The number of rotatable bonds is 3. The number of hydrogen-bond donors (Lipinski definition) is 1. The second-order valence-corrected chi connectivity index (χ2v) is 6.10. The first-order valence-corrected chi connectivity index (χ1v) is 6.65. The number of halogens is 1. The molecule has 0 saturated carbocycles. The molecule has 2 rings (SSSR count). The summed E-state index contributed by atoms with van der Waals surface area (Å²) in [4.78, 5) is 2.26. The van der Waals surface area contributed by atoms with Crippen molar-refractivity contribution in [2.75, 3.05) is 19.6 Å². The van der Waals surface area contributed by atoms with E-state index in [-0.39, 0.29) is 5.54 Å². The average Bonchev–Trinajstić information content (AvgIpc) is 2.32. The largest absolute Gasteiger partial charge is 0.324 e. The van der Waals surface area contributed by atoms with Gasteiger partial charge in [0.15, 0.2) is 0 Å². The molecule has 0 bridgehead atoms. The lowest BCUT2D eigenvalue weighted by atomic mass is 9.86. The van der Waals surface area contributed by atoms with Crippen LogP contribution in [0.5, 0.6) is 0 Å². The Morgan fingerprint density at radius 2 is 1.78 bits per heavy atom. The van der Waals surface area contributed by atoms with Crippen LogP contribution in [0.2, 0.25) is 0 Å². The normalized spacial score (nSPS) is 20.9. The molecule has 1 aliphatic heterocycles. The summed E-state index contributed by atoms with van der Waals surface area (Å²) in [6.45, 7) is 6.43. The van der Waals surface area contributed by atoms with Crippen molar-refractivity contribution in [3.8, 4) is 0 Å². The standard InChI is InChI=1S/C15H23FN2/c1-14(2,17)12-18-10-8-15(16,9-11-18)13-6-4-3-5-7-13/h3-7H,8-12,17H2,1-2H3. The van der Waals surface area contributed by atoms with E-state index < -0.39 is 5.67 Å². The Morgan fingerprint density at radius 1 is 1.22 bits per heavy atom. The number of piperidine rings is 1. The molecule has 0 aliphatic carbocycles. The van der Waals surface area contributed by atoms with Crippen molar-refractivity contribution in [3.05, 3.63) is 35.9 Å². The molecular formula is C15H23FN2. The summed E-state index contributed by atoms with van der Waals surface area (Å²) >= 11 is 0. The van der Waals surface area contributed by atoms with E-state index in [1.807, 2.05) is 44.2 Å². The van der Waals surface area contributed by atoms with Crippen molar-refractivity contribution < 1.29 is 4.39 Å². The molecule has 100 valence electrons. The summed E-state index contributed by atoms with van der Waals surface area (Å²) in [5, 5.41) is 0. The minimum atomic E-state index is -1.16. The van der Waals surface area contributed by atoms with Gasteiger partial charge in [-0.2, -0.15) is 0 Å². The van der Waals surface area contributed by atoms with E-state index in [0.29, 0.717) is 12.8 Å². The molecule has 3 heteroatoms. The molecule has 0 amide bonds. The second-order valence-electron chi connectivity index (χ2n) is 6.10. The molecule has 2 nitrogen and oxygen atoms in total. The molecule has 1 aromatic carbocycles. The molecule has 0 radical (unpaired) electrons. The number of likely N-dealkylation sites (tertiary alicyclic amines) is 1. The maximum Gasteiger partial charge on any atom is 0.138 e. The Kier molecular flexibility index (Phi) is 3.74. The van der Waals surface area contributed by atoms with E-state index in [1.54, 1.807) is 0 Å². The molecule has 1 aliphatic rings. The topological polar surface area (TPSA) is 29.3 Å². The predicted molar refractivity (Wildman–Crippen MR) is 73.2 cm³/mol. The SMILES string of the molecule is CC(C)(N)CN1CCC(F)(c2ccccc2)CC1. The van der Waals surface area contributed by atoms with Crippen LogP contribution in [-0.2, 0) is 5.67 Å². The van der Waals surface area contributed by atoms with Crippen LogP contribution in [0.15, 0.2) is 30.3 Å². The van der Waals surface area contributed by atoms with Gasteiger partial charge in [0.25, 0.3) is 0 Å². The minimum Gasteiger partial charge on any atom is -0.324 e. The number of nitrogens with two attached hydrogens (primary N) is 1. The van der Waals surface area contributed by atoms with Crippen LogP contribution in [-0.4, -0.2) is 30.1 Å². The van der Waals surface area contributed by atoms with Crippen LogP contribution in [0.3, 0.4) is 0 Å². The van der Waals surface area contributed by atoms with Gasteiger partial charge in [-0.3, -0.25) is 0 Å². The first kappa shape index (κ1) is 13.5.